The number of benzene rings is 1. The summed E-state index contributed by atoms with van der Waals surface area (Å²) in [6, 6.07) is 10.8. The molecule has 17 heavy (non-hydrogen) atoms. The van der Waals surface area contributed by atoms with Gasteiger partial charge in [0, 0.05) is 11.8 Å². The molecule has 0 radical (unpaired) electrons. The second-order valence-electron chi connectivity index (χ2n) is 3.71. The predicted molar refractivity (Wildman–Crippen MR) is 64.5 cm³/mol. The highest BCUT2D eigenvalue weighted by Gasteiger charge is 2.08. The highest BCUT2D eigenvalue weighted by atomic mass is 16.3. The van der Waals surface area contributed by atoms with E-state index in [0.29, 0.717) is 5.65 Å². The number of pyridine rings is 1. The third-order valence-electron chi connectivity index (χ3n) is 2.54. The Balaban J connectivity index is 2.30. The van der Waals surface area contributed by atoms with Gasteiger partial charge in [0.25, 0.3) is 0 Å². The molecule has 0 saturated carbocycles. The van der Waals surface area contributed by atoms with Gasteiger partial charge in [0.1, 0.15) is 5.75 Å². The van der Waals surface area contributed by atoms with Gasteiger partial charge >= 0.3 is 0 Å². The van der Waals surface area contributed by atoms with Crippen LogP contribution >= 0.6 is 0 Å². The van der Waals surface area contributed by atoms with Crippen LogP contribution in [0.15, 0.2) is 42.6 Å². The molecule has 3 rings (SSSR count). The first kappa shape index (κ1) is 9.65. The Labute approximate surface area is 97.1 Å². The minimum atomic E-state index is 0.219. The number of aromatic nitrogens is 3. The minimum absolute atomic E-state index is 0.219. The van der Waals surface area contributed by atoms with Crippen LogP contribution < -0.4 is 5.73 Å². The number of anilines is 1. The maximum absolute atomic E-state index is 9.48. The summed E-state index contributed by atoms with van der Waals surface area (Å²) in [5.74, 6) is 0.453. The van der Waals surface area contributed by atoms with E-state index in [1.807, 2.05) is 18.2 Å². The molecule has 0 aliphatic rings. The Morgan fingerprint density at radius 3 is 2.88 bits per heavy atom. The average Bonchev–Trinajstić information content (AvgIpc) is 2.68. The topological polar surface area (TPSA) is 76.4 Å². The molecule has 5 nitrogen and oxygen atoms in total. The van der Waals surface area contributed by atoms with Gasteiger partial charge in [-0.1, -0.05) is 12.1 Å². The first-order chi connectivity index (χ1) is 8.24. The number of fused-ring (bicyclic) bond motifs is 1. The fourth-order valence-corrected chi connectivity index (χ4v) is 1.82. The normalized spacial score (nSPS) is 10.8. The summed E-state index contributed by atoms with van der Waals surface area (Å²) < 4.78 is 1.62. The molecule has 0 saturated heterocycles. The van der Waals surface area contributed by atoms with Gasteiger partial charge in [-0.2, -0.15) is 4.98 Å². The van der Waals surface area contributed by atoms with Gasteiger partial charge in [-0.25, -0.2) is 4.52 Å². The van der Waals surface area contributed by atoms with Gasteiger partial charge in [-0.3, -0.25) is 0 Å². The molecule has 3 N–H and O–H groups in total. The van der Waals surface area contributed by atoms with Gasteiger partial charge in [-0.15, -0.1) is 5.10 Å². The zero-order valence-electron chi connectivity index (χ0n) is 8.91. The fourth-order valence-electron chi connectivity index (χ4n) is 1.82. The number of phenolic OH excluding ortho intramolecular Hbond substituents is 1. The van der Waals surface area contributed by atoms with Crippen LogP contribution in [-0.2, 0) is 0 Å². The molecule has 0 unspecified atom stereocenters. The molecule has 0 aliphatic carbocycles. The van der Waals surface area contributed by atoms with Crippen molar-refractivity contribution in [3.05, 3.63) is 42.6 Å². The number of hydrogen-bond donors (Lipinski definition) is 2. The molecule has 0 bridgehead atoms. The van der Waals surface area contributed by atoms with Crippen LogP contribution in [0.4, 0.5) is 5.95 Å². The zero-order valence-corrected chi connectivity index (χ0v) is 8.91. The van der Waals surface area contributed by atoms with Crippen LogP contribution in [-0.4, -0.2) is 19.7 Å². The van der Waals surface area contributed by atoms with Crippen LogP contribution in [0.3, 0.4) is 0 Å². The first-order valence-corrected chi connectivity index (χ1v) is 5.14. The lowest BCUT2D eigenvalue weighted by atomic mass is 10.1. The Morgan fingerprint density at radius 1 is 1.18 bits per heavy atom. The number of nitrogens with zero attached hydrogens (tertiary/aromatic N) is 3. The van der Waals surface area contributed by atoms with Crippen LogP contribution in [0, 0.1) is 0 Å². The van der Waals surface area contributed by atoms with Crippen molar-refractivity contribution in [2.24, 2.45) is 0 Å². The van der Waals surface area contributed by atoms with Crippen molar-refractivity contribution < 1.29 is 5.11 Å². The van der Waals surface area contributed by atoms with Gasteiger partial charge in [-0.05, 0) is 29.8 Å². The molecule has 0 aliphatic heterocycles. The van der Waals surface area contributed by atoms with Crippen molar-refractivity contribution in [2.45, 2.75) is 0 Å². The standard InChI is InChI=1S/C12H10N4O/c13-12-14-11-10(5-2-6-16(11)15-12)8-3-1-4-9(17)7-8/h1-7,17H,(H2,13,15). The molecule has 84 valence electrons. The number of aromatic hydroxyl groups is 1. The molecular formula is C12H10N4O. The van der Waals surface area contributed by atoms with Gasteiger partial charge < -0.3 is 10.8 Å². The molecule has 1 aromatic carbocycles. The summed E-state index contributed by atoms with van der Waals surface area (Å²) in [6.45, 7) is 0. The van der Waals surface area contributed by atoms with E-state index < -0.39 is 0 Å². The van der Waals surface area contributed by atoms with Crippen molar-refractivity contribution in [3.63, 3.8) is 0 Å². The lowest BCUT2D eigenvalue weighted by Gasteiger charge is -2.03. The summed E-state index contributed by atoms with van der Waals surface area (Å²) in [5, 5.41) is 13.5. The molecule has 0 atom stereocenters. The monoisotopic (exact) mass is 226 g/mol. The van der Waals surface area contributed by atoms with Gasteiger partial charge in [0.15, 0.2) is 5.65 Å². The molecule has 0 fully saturated rings. The number of nitrogens with two attached hydrogens (primary N) is 1. The largest absolute Gasteiger partial charge is 0.508 e. The maximum atomic E-state index is 9.48. The first-order valence-electron chi connectivity index (χ1n) is 5.14. The second kappa shape index (κ2) is 3.48. The summed E-state index contributed by atoms with van der Waals surface area (Å²) >= 11 is 0. The number of rotatable bonds is 1. The minimum Gasteiger partial charge on any atom is -0.508 e. The third kappa shape index (κ3) is 1.57. The van der Waals surface area contributed by atoms with Crippen LogP contribution in [0.25, 0.3) is 16.8 Å². The lowest BCUT2D eigenvalue weighted by molar-refractivity contribution is 0.475. The number of phenols is 1. The Kier molecular flexibility index (Phi) is 1.98. The molecular weight excluding hydrogens is 216 g/mol. The van der Waals surface area contributed by atoms with Crippen molar-refractivity contribution in [2.75, 3.05) is 5.73 Å². The van der Waals surface area contributed by atoms with E-state index in [9.17, 15) is 5.11 Å². The third-order valence-corrected chi connectivity index (χ3v) is 2.54. The summed E-state index contributed by atoms with van der Waals surface area (Å²) in [6.07, 6.45) is 1.78. The summed E-state index contributed by atoms with van der Waals surface area (Å²) in [5.41, 5.74) is 8.01. The Hall–Kier alpha value is -2.56. The zero-order chi connectivity index (χ0) is 11.8. The van der Waals surface area contributed by atoms with Crippen molar-refractivity contribution >= 4 is 11.6 Å². The molecule has 3 aromatic rings. The molecule has 5 heteroatoms. The fraction of sp³-hybridized carbons (Fsp3) is 0. The highest BCUT2D eigenvalue weighted by molar-refractivity contribution is 5.78. The maximum Gasteiger partial charge on any atom is 0.240 e. The number of nitrogen functional groups attached to an aromatic ring is 1. The Morgan fingerprint density at radius 2 is 2.06 bits per heavy atom. The summed E-state index contributed by atoms with van der Waals surface area (Å²) in [4.78, 5) is 4.17. The van der Waals surface area contributed by atoms with E-state index >= 15 is 0 Å². The van der Waals surface area contributed by atoms with Gasteiger partial charge in [0.2, 0.25) is 5.95 Å². The second-order valence-corrected chi connectivity index (χ2v) is 3.71. The highest BCUT2D eigenvalue weighted by Crippen LogP contribution is 2.26. The quantitative estimate of drug-likeness (QED) is 0.662. The van der Waals surface area contributed by atoms with E-state index in [1.54, 1.807) is 28.9 Å². The Bertz CT molecular complexity index is 690. The van der Waals surface area contributed by atoms with E-state index in [2.05, 4.69) is 10.1 Å². The van der Waals surface area contributed by atoms with E-state index in [0.717, 1.165) is 11.1 Å². The van der Waals surface area contributed by atoms with Crippen LogP contribution in [0.2, 0.25) is 0 Å². The number of hydrogen-bond acceptors (Lipinski definition) is 4. The lowest BCUT2D eigenvalue weighted by Crippen LogP contribution is -1.89. The molecule has 2 aromatic heterocycles. The van der Waals surface area contributed by atoms with Crippen molar-refractivity contribution in [3.8, 4) is 16.9 Å². The van der Waals surface area contributed by atoms with Crippen LogP contribution in [0.1, 0.15) is 0 Å². The van der Waals surface area contributed by atoms with Crippen molar-refractivity contribution in [1.82, 2.24) is 14.6 Å². The average molecular weight is 226 g/mol. The van der Waals surface area contributed by atoms with Crippen LogP contribution in [0.5, 0.6) is 5.75 Å². The molecule has 2 heterocycles. The van der Waals surface area contributed by atoms with Gasteiger partial charge in [0.05, 0.1) is 0 Å². The SMILES string of the molecule is Nc1nc2c(-c3cccc(O)c3)cccn2n1. The smallest absolute Gasteiger partial charge is 0.240 e. The van der Waals surface area contributed by atoms with E-state index in [-0.39, 0.29) is 11.7 Å². The molecule has 0 spiro atoms. The predicted octanol–water partition coefficient (Wildman–Crippen LogP) is 1.68. The van der Waals surface area contributed by atoms with E-state index in [4.69, 9.17) is 5.73 Å². The van der Waals surface area contributed by atoms with Crippen molar-refractivity contribution in [1.29, 1.82) is 0 Å². The molecule has 0 amide bonds. The summed E-state index contributed by atoms with van der Waals surface area (Å²) in [7, 11) is 0. The van der Waals surface area contributed by atoms with E-state index in [1.165, 1.54) is 0 Å².